The summed E-state index contributed by atoms with van der Waals surface area (Å²) in [5, 5.41) is 10.2. The SMILES string of the molecule is NCc1ccccc1.O=C(O)c1cc(-c2ccc(-c3ccccc3)cc2)nc2ccccc12. The van der Waals surface area contributed by atoms with Crippen molar-refractivity contribution in [3.05, 3.63) is 126 Å². The Kier molecular flexibility index (Phi) is 6.88. The number of nitrogens with two attached hydrogens (primary N) is 1. The Balaban J connectivity index is 0.000000275. The summed E-state index contributed by atoms with van der Waals surface area (Å²) in [7, 11) is 0. The fourth-order valence-corrected chi connectivity index (χ4v) is 3.58. The number of hydrogen-bond donors (Lipinski definition) is 2. The molecular formula is C29H24N2O2. The molecule has 1 heterocycles. The zero-order valence-corrected chi connectivity index (χ0v) is 18.1. The zero-order valence-electron chi connectivity index (χ0n) is 18.1. The van der Waals surface area contributed by atoms with Gasteiger partial charge in [0.2, 0.25) is 0 Å². The van der Waals surface area contributed by atoms with Crippen LogP contribution >= 0.6 is 0 Å². The molecule has 0 saturated heterocycles. The predicted octanol–water partition coefficient (Wildman–Crippen LogP) is 6.41. The van der Waals surface area contributed by atoms with Crippen molar-refractivity contribution in [1.29, 1.82) is 0 Å². The van der Waals surface area contributed by atoms with E-state index in [0.717, 1.165) is 16.7 Å². The minimum atomic E-state index is -0.944. The summed E-state index contributed by atoms with van der Waals surface area (Å²) < 4.78 is 0. The van der Waals surface area contributed by atoms with Crippen LogP contribution in [0, 0.1) is 0 Å². The van der Waals surface area contributed by atoms with Crippen molar-refractivity contribution in [2.24, 2.45) is 5.73 Å². The van der Waals surface area contributed by atoms with Gasteiger partial charge in [-0.05, 0) is 28.8 Å². The highest BCUT2D eigenvalue weighted by atomic mass is 16.4. The molecule has 0 bridgehead atoms. The molecule has 4 nitrogen and oxygen atoms in total. The quantitative estimate of drug-likeness (QED) is 0.344. The van der Waals surface area contributed by atoms with Crippen LogP contribution in [0.1, 0.15) is 15.9 Å². The molecule has 33 heavy (non-hydrogen) atoms. The lowest BCUT2D eigenvalue weighted by molar-refractivity contribution is 0.0699. The number of carbonyl (C=O) groups is 1. The van der Waals surface area contributed by atoms with Crippen molar-refractivity contribution >= 4 is 16.9 Å². The third-order valence-corrected chi connectivity index (χ3v) is 5.31. The second-order valence-electron chi connectivity index (χ2n) is 7.51. The Labute approximate surface area is 193 Å². The van der Waals surface area contributed by atoms with Crippen LogP contribution in [0.25, 0.3) is 33.3 Å². The number of aromatic nitrogens is 1. The molecule has 4 aromatic carbocycles. The lowest BCUT2D eigenvalue weighted by Gasteiger charge is -2.08. The van der Waals surface area contributed by atoms with Gasteiger partial charge in [0.25, 0.3) is 0 Å². The van der Waals surface area contributed by atoms with Gasteiger partial charge in [-0.2, -0.15) is 0 Å². The number of carboxylic acid groups (broad SMARTS) is 1. The van der Waals surface area contributed by atoms with Crippen molar-refractivity contribution in [3.63, 3.8) is 0 Å². The van der Waals surface area contributed by atoms with E-state index in [9.17, 15) is 9.90 Å². The Morgan fingerprint density at radius 1 is 0.697 bits per heavy atom. The molecule has 4 heteroatoms. The van der Waals surface area contributed by atoms with Gasteiger partial charge in [-0.15, -0.1) is 0 Å². The number of pyridine rings is 1. The van der Waals surface area contributed by atoms with Crippen LogP contribution in [0.5, 0.6) is 0 Å². The summed E-state index contributed by atoms with van der Waals surface area (Å²) in [5.74, 6) is -0.944. The Bertz CT molecular complexity index is 1350. The van der Waals surface area contributed by atoms with Crippen molar-refractivity contribution in [1.82, 2.24) is 4.98 Å². The first-order valence-electron chi connectivity index (χ1n) is 10.7. The van der Waals surface area contributed by atoms with E-state index in [-0.39, 0.29) is 5.56 Å². The maximum atomic E-state index is 11.6. The molecule has 0 radical (unpaired) electrons. The molecule has 0 aliphatic heterocycles. The van der Waals surface area contributed by atoms with E-state index < -0.39 is 5.97 Å². The molecule has 0 spiro atoms. The largest absolute Gasteiger partial charge is 0.478 e. The van der Waals surface area contributed by atoms with Crippen molar-refractivity contribution < 1.29 is 9.90 Å². The fourth-order valence-electron chi connectivity index (χ4n) is 3.58. The molecule has 3 N–H and O–H groups in total. The maximum absolute atomic E-state index is 11.6. The fraction of sp³-hybridized carbons (Fsp3) is 0.0345. The van der Waals surface area contributed by atoms with Crippen LogP contribution in [0.15, 0.2) is 115 Å². The molecule has 0 atom stereocenters. The molecule has 0 aliphatic carbocycles. The predicted molar refractivity (Wildman–Crippen MR) is 134 cm³/mol. The van der Waals surface area contributed by atoms with Gasteiger partial charge in [0.15, 0.2) is 0 Å². The third-order valence-electron chi connectivity index (χ3n) is 5.31. The van der Waals surface area contributed by atoms with Crippen molar-refractivity contribution in [3.8, 4) is 22.4 Å². The lowest BCUT2D eigenvalue weighted by atomic mass is 10.0. The Hall–Kier alpha value is -4.28. The van der Waals surface area contributed by atoms with E-state index in [1.54, 1.807) is 12.1 Å². The molecule has 0 fully saturated rings. The van der Waals surface area contributed by atoms with Crippen LogP contribution in [-0.4, -0.2) is 16.1 Å². The number of carboxylic acids is 1. The van der Waals surface area contributed by atoms with Gasteiger partial charge in [0.05, 0.1) is 16.8 Å². The summed E-state index contributed by atoms with van der Waals surface area (Å²) in [6, 6.07) is 37.1. The monoisotopic (exact) mass is 432 g/mol. The summed E-state index contributed by atoms with van der Waals surface area (Å²) in [4.78, 5) is 16.2. The van der Waals surface area contributed by atoms with E-state index in [0.29, 0.717) is 23.1 Å². The van der Waals surface area contributed by atoms with Crippen molar-refractivity contribution in [2.75, 3.05) is 0 Å². The second-order valence-corrected chi connectivity index (χ2v) is 7.51. The van der Waals surface area contributed by atoms with Crippen LogP contribution < -0.4 is 5.73 Å². The lowest BCUT2D eigenvalue weighted by Crippen LogP contribution is -2.00. The van der Waals surface area contributed by atoms with Crippen LogP contribution in [-0.2, 0) is 6.54 Å². The molecule has 0 aliphatic rings. The first-order chi connectivity index (χ1) is 16.2. The van der Waals surface area contributed by atoms with Crippen LogP contribution in [0.4, 0.5) is 0 Å². The molecule has 1 aromatic heterocycles. The molecule has 0 saturated carbocycles. The Morgan fingerprint density at radius 2 is 1.24 bits per heavy atom. The third kappa shape index (κ3) is 5.32. The minimum absolute atomic E-state index is 0.271. The van der Waals surface area contributed by atoms with E-state index in [2.05, 4.69) is 17.1 Å². The van der Waals surface area contributed by atoms with E-state index in [1.165, 1.54) is 5.56 Å². The number of rotatable bonds is 4. The summed E-state index contributed by atoms with van der Waals surface area (Å²) in [6.07, 6.45) is 0. The molecule has 0 unspecified atom stereocenters. The van der Waals surface area contributed by atoms with Gasteiger partial charge >= 0.3 is 5.97 Å². The van der Waals surface area contributed by atoms with Gasteiger partial charge in [-0.25, -0.2) is 9.78 Å². The highest BCUT2D eigenvalue weighted by molar-refractivity contribution is 6.03. The smallest absolute Gasteiger partial charge is 0.336 e. The van der Waals surface area contributed by atoms with E-state index in [4.69, 9.17) is 5.73 Å². The summed E-state index contributed by atoms with van der Waals surface area (Å²) in [5.41, 5.74) is 11.3. The first-order valence-corrected chi connectivity index (χ1v) is 10.7. The summed E-state index contributed by atoms with van der Waals surface area (Å²) >= 11 is 0. The topological polar surface area (TPSA) is 76.2 Å². The van der Waals surface area contributed by atoms with E-state index >= 15 is 0 Å². The average molecular weight is 433 g/mol. The first kappa shape index (κ1) is 21.9. The highest BCUT2D eigenvalue weighted by Crippen LogP contribution is 2.27. The van der Waals surface area contributed by atoms with Crippen LogP contribution in [0.3, 0.4) is 0 Å². The number of nitrogens with zero attached hydrogens (tertiary/aromatic N) is 1. The molecule has 5 rings (SSSR count). The molecular weight excluding hydrogens is 408 g/mol. The second kappa shape index (κ2) is 10.4. The van der Waals surface area contributed by atoms with Crippen molar-refractivity contribution in [2.45, 2.75) is 6.54 Å². The number of para-hydroxylation sites is 1. The van der Waals surface area contributed by atoms with Gasteiger partial charge in [0, 0.05) is 17.5 Å². The van der Waals surface area contributed by atoms with Gasteiger partial charge in [0.1, 0.15) is 0 Å². The summed E-state index contributed by atoms with van der Waals surface area (Å²) in [6.45, 7) is 0.640. The molecule has 0 amide bonds. The van der Waals surface area contributed by atoms with E-state index in [1.807, 2.05) is 91.0 Å². The normalized spacial score (nSPS) is 10.3. The number of aromatic carboxylic acids is 1. The average Bonchev–Trinajstić information content (AvgIpc) is 2.89. The number of hydrogen-bond acceptors (Lipinski definition) is 3. The van der Waals surface area contributed by atoms with Gasteiger partial charge in [-0.1, -0.05) is 103 Å². The standard InChI is InChI=1S/C22H15NO2.C7H9N/c24-22(25)19-14-21(23-20-9-5-4-8-18(19)20)17-12-10-16(11-13-17)15-6-2-1-3-7-15;8-6-7-4-2-1-3-5-7/h1-14H,(H,24,25);1-5H,6,8H2. The maximum Gasteiger partial charge on any atom is 0.336 e. The molecule has 5 aromatic rings. The van der Waals surface area contributed by atoms with Gasteiger partial charge < -0.3 is 10.8 Å². The Morgan fingerprint density at radius 3 is 1.85 bits per heavy atom. The van der Waals surface area contributed by atoms with Crippen LogP contribution in [0.2, 0.25) is 0 Å². The number of fused-ring (bicyclic) bond motifs is 1. The number of benzene rings is 4. The molecule has 162 valence electrons. The van der Waals surface area contributed by atoms with Gasteiger partial charge in [-0.3, -0.25) is 0 Å². The highest BCUT2D eigenvalue weighted by Gasteiger charge is 2.12. The zero-order chi connectivity index (χ0) is 23.0. The minimum Gasteiger partial charge on any atom is -0.478 e.